The number of nitrogens with two attached hydrogens (primary N) is 1. The van der Waals surface area contributed by atoms with E-state index in [-0.39, 0.29) is 11.8 Å². The van der Waals surface area contributed by atoms with Gasteiger partial charge in [-0.15, -0.1) is 0 Å². The minimum absolute atomic E-state index is 0.0210. The van der Waals surface area contributed by atoms with Crippen LogP contribution in [0.3, 0.4) is 0 Å². The van der Waals surface area contributed by atoms with Crippen molar-refractivity contribution < 1.29 is 4.79 Å². The molecule has 1 atom stereocenters. The van der Waals surface area contributed by atoms with E-state index in [4.69, 9.17) is 5.73 Å². The smallest absolute Gasteiger partial charge is 0.227 e. The van der Waals surface area contributed by atoms with Crippen molar-refractivity contribution in [3.8, 4) is 0 Å². The molecule has 2 N–H and O–H groups in total. The van der Waals surface area contributed by atoms with E-state index in [9.17, 15) is 4.79 Å². The van der Waals surface area contributed by atoms with E-state index in [0.717, 1.165) is 49.3 Å². The monoisotopic (exact) mass is 354 g/mol. The Bertz CT molecular complexity index is 457. The minimum Gasteiger partial charge on any atom is -0.353 e. The molecule has 5 nitrogen and oxygen atoms in total. The van der Waals surface area contributed by atoms with Crippen LogP contribution in [0.15, 0.2) is 22.8 Å². The molecular weight excluding hydrogens is 332 g/mol. The number of halogens is 1. The summed E-state index contributed by atoms with van der Waals surface area (Å²) in [4.78, 5) is 21.0. The van der Waals surface area contributed by atoms with Crippen LogP contribution >= 0.6 is 15.9 Å². The lowest BCUT2D eigenvalue weighted by Crippen LogP contribution is -2.51. The highest BCUT2D eigenvalue weighted by Crippen LogP contribution is 2.18. The number of carbonyl (C=O) groups is 1. The van der Waals surface area contributed by atoms with Gasteiger partial charge in [0.15, 0.2) is 0 Å². The third kappa shape index (κ3) is 4.17. The van der Waals surface area contributed by atoms with Gasteiger partial charge in [-0.3, -0.25) is 4.79 Å². The van der Waals surface area contributed by atoms with Crippen molar-refractivity contribution in [2.45, 2.75) is 19.8 Å². The zero-order valence-electron chi connectivity index (χ0n) is 12.5. The van der Waals surface area contributed by atoms with Crippen molar-refractivity contribution in [1.29, 1.82) is 0 Å². The molecule has 0 aromatic carbocycles. The molecule has 1 aliphatic heterocycles. The normalized spacial score (nSPS) is 16.9. The van der Waals surface area contributed by atoms with Gasteiger partial charge in [-0.25, -0.2) is 4.98 Å². The van der Waals surface area contributed by atoms with Gasteiger partial charge in [0.1, 0.15) is 5.82 Å². The summed E-state index contributed by atoms with van der Waals surface area (Å²) >= 11 is 3.39. The van der Waals surface area contributed by atoms with Crippen LogP contribution in [0, 0.1) is 5.92 Å². The first-order valence-electron chi connectivity index (χ1n) is 7.51. The summed E-state index contributed by atoms with van der Waals surface area (Å²) in [5.74, 6) is 1.16. The number of anilines is 1. The molecule has 1 unspecified atom stereocenters. The number of amides is 1. The lowest BCUT2D eigenvalue weighted by Gasteiger charge is -2.36. The molecule has 1 amide bonds. The first-order valence-corrected chi connectivity index (χ1v) is 8.30. The Labute approximate surface area is 134 Å². The van der Waals surface area contributed by atoms with Gasteiger partial charge in [0.25, 0.3) is 0 Å². The summed E-state index contributed by atoms with van der Waals surface area (Å²) in [6.45, 7) is 5.68. The number of carbonyl (C=O) groups excluding carboxylic acids is 1. The topological polar surface area (TPSA) is 62.5 Å². The van der Waals surface area contributed by atoms with Crippen LogP contribution in [0.25, 0.3) is 0 Å². The molecule has 0 spiro atoms. The summed E-state index contributed by atoms with van der Waals surface area (Å²) in [5, 5.41) is 0. The summed E-state index contributed by atoms with van der Waals surface area (Å²) in [7, 11) is 0. The average molecular weight is 355 g/mol. The number of pyridine rings is 1. The fourth-order valence-corrected chi connectivity index (χ4v) is 2.89. The second-order valence-corrected chi connectivity index (χ2v) is 6.28. The molecule has 6 heteroatoms. The number of aromatic nitrogens is 1. The van der Waals surface area contributed by atoms with Gasteiger partial charge in [0, 0.05) is 43.4 Å². The molecule has 0 saturated carbocycles. The first kappa shape index (κ1) is 16.2. The molecule has 1 aliphatic rings. The van der Waals surface area contributed by atoms with Crippen LogP contribution in [0.2, 0.25) is 0 Å². The fraction of sp³-hybridized carbons (Fsp3) is 0.600. The number of hydrogen-bond donors (Lipinski definition) is 1. The Kier molecular flexibility index (Phi) is 5.99. The maximum atomic E-state index is 12.4. The average Bonchev–Trinajstić information content (AvgIpc) is 2.53. The van der Waals surface area contributed by atoms with Crippen molar-refractivity contribution in [3.05, 3.63) is 22.8 Å². The Morgan fingerprint density at radius 1 is 1.38 bits per heavy atom. The van der Waals surface area contributed by atoms with Crippen molar-refractivity contribution in [2.24, 2.45) is 11.7 Å². The molecule has 2 heterocycles. The lowest BCUT2D eigenvalue weighted by molar-refractivity contribution is -0.135. The van der Waals surface area contributed by atoms with Gasteiger partial charge >= 0.3 is 0 Å². The molecule has 0 radical (unpaired) electrons. The molecule has 1 aromatic rings. The zero-order chi connectivity index (χ0) is 15.2. The van der Waals surface area contributed by atoms with Crippen LogP contribution in [-0.2, 0) is 4.79 Å². The zero-order valence-corrected chi connectivity index (χ0v) is 14.1. The maximum absolute atomic E-state index is 12.4. The molecule has 1 saturated heterocycles. The third-order valence-electron chi connectivity index (χ3n) is 3.90. The van der Waals surface area contributed by atoms with E-state index >= 15 is 0 Å². The molecule has 21 heavy (non-hydrogen) atoms. The van der Waals surface area contributed by atoms with Gasteiger partial charge in [0.2, 0.25) is 5.91 Å². The molecule has 1 fully saturated rings. The SMILES string of the molecule is CCCC(CN)C(=O)N1CCN(c2ccc(Br)cn2)CC1. The van der Waals surface area contributed by atoms with E-state index in [1.807, 2.05) is 17.0 Å². The van der Waals surface area contributed by atoms with Gasteiger partial charge in [-0.2, -0.15) is 0 Å². The predicted octanol–water partition coefficient (Wildman–Crippen LogP) is 1.87. The van der Waals surface area contributed by atoms with Crippen LogP contribution in [-0.4, -0.2) is 48.5 Å². The van der Waals surface area contributed by atoms with Crippen molar-refractivity contribution in [1.82, 2.24) is 9.88 Å². The van der Waals surface area contributed by atoms with Crippen molar-refractivity contribution in [3.63, 3.8) is 0 Å². The quantitative estimate of drug-likeness (QED) is 0.876. The predicted molar refractivity (Wildman–Crippen MR) is 88.2 cm³/mol. The molecule has 0 aliphatic carbocycles. The van der Waals surface area contributed by atoms with E-state index in [1.165, 1.54) is 0 Å². The van der Waals surface area contributed by atoms with E-state index in [1.54, 1.807) is 6.20 Å². The van der Waals surface area contributed by atoms with Crippen LogP contribution in [0.4, 0.5) is 5.82 Å². The molecule has 1 aromatic heterocycles. The number of piperazine rings is 1. The third-order valence-corrected chi connectivity index (χ3v) is 4.37. The van der Waals surface area contributed by atoms with E-state index < -0.39 is 0 Å². The van der Waals surface area contributed by atoms with Crippen LogP contribution in [0.1, 0.15) is 19.8 Å². The summed E-state index contributed by atoms with van der Waals surface area (Å²) in [6.07, 6.45) is 3.68. The van der Waals surface area contributed by atoms with E-state index in [0.29, 0.717) is 6.54 Å². The van der Waals surface area contributed by atoms with Crippen LogP contribution in [0.5, 0.6) is 0 Å². The van der Waals surface area contributed by atoms with Crippen molar-refractivity contribution in [2.75, 3.05) is 37.6 Å². The molecule has 116 valence electrons. The summed E-state index contributed by atoms with van der Waals surface area (Å²) in [5.41, 5.74) is 5.73. The fourth-order valence-electron chi connectivity index (χ4n) is 2.66. The standard InChI is InChI=1S/C15H23BrN4O/c1-2-3-12(10-17)15(21)20-8-6-19(7-9-20)14-5-4-13(16)11-18-14/h4-5,11-12H,2-3,6-10,17H2,1H3. The highest BCUT2D eigenvalue weighted by atomic mass is 79.9. The van der Waals surface area contributed by atoms with Gasteiger partial charge < -0.3 is 15.5 Å². The van der Waals surface area contributed by atoms with Crippen LogP contribution < -0.4 is 10.6 Å². The van der Waals surface area contributed by atoms with Gasteiger partial charge in [0.05, 0.1) is 5.92 Å². The van der Waals surface area contributed by atoms with Crippen molar-refractivity contribution >= 4 is 27.7 Å². The Hall–Kier alpha value is -1.14. The summed E-state index contributed by atoms with van der Waals surface area (Å²) < 4.78 is 0.977. The first-order chi connectivity index (χ1) is 10.2. The largest absolute Gasteiger partial charge is 0.353 e. The highest BCUT2D eigenvalue weighted by Gasteiger charge is 2.26. The molecular formula is C15H23BrN4O. The molecule has 2 rings (SSSR count). The second kappa shape index (κ2) is 7.75. The minimum atomic E-state index is -0.0210. The number of hydrogen-bond acceptors (Lipinski definition) is 4. The maximum Gasteiger partial charge on any atom is 0.227 e. The Balaban J connectivity index is 1.90. The number of nitrogens with zero attached hydrogens (tertiary/aromatic N) is 3. The second-order valence-electron chi connectivity index (χ2n) is 5.37. The summed E-state index contributed by atoms with van der Waals surface area (Å²) in [6, 6.07) is 3.99. The lowest BCUT2D eigenvalue weighted by atomic mass is 10.0. The Morgan fingerprint density at radius 2 is 2.10 bits per heavy atom. The van der Waals surface area contributed by atoms with E-state index in [2.05, 4.69) is 32.7 Å². The number of rotatable bonds is 5. The molecule has 0 bridgehead atoms. The van der Waals surface area contributed by atoms with Gasteiger partial charge in [-0.1, -0.05) is 13.3 Å². The Morgan fingerprint density at radius 3 is 2.62 bits per heavy atom. The highest BCUT2D eigenvalue weighted by molar-refractivity contribution is 9.10. The van der Waals surface area contributed by atoms with Gasteiger partial charge in [-0.05, 0) is 34.5 Å².